The molecule has 4 fully saturated rings. The summed E-state index contributed by atoms with van der Waals surface area (Å²) >= 11 is 1.29. The smallest absolute Gasteiger partial charge is 0.277 e. The minimum absolute atomic E-state index is 0.0499. The number of nitrogens with zero attached hydrogens (tertiary/aromatic N) is 2. The molecule has 4 saturated carbocycles. The summed E-state index contributed by atoms with van der Waals surface area (Å²) in [7, 11) is 0. The second kappa shape index (κ2) is 7.67. The molecule has 6 rings (SSSR count). The topological polar surface area (TPSA) is 77.2 Å². The number of thioether (sulfide) groups is 1. The molecule has 0 atom stereocenters. The summed E-state index contributed by atoms with van der Waals surface area (Å²) in [6, 6.07) is 7.81. The highest BCUT2D eigenvalue weighted by Crippen LogP contribution is 2.55. The minimum Gasteiger partial charge on any atom is -0.484 e. The lowest BCUT2D eigenvalue weighted by Gasteiger charge is -2.56. The number of carbonyl (C=O) groups excluding carboxylic acids is 1. The van der Waals surface area contributed by atoms with Crippen molar-refractivity contribution in [3.8, 4) is 5.75 Å². The Kier molecular flexibility index (Phi) is 5.02. The predicted molar refractivity (Wildman–Crippen MR) is 110 cm³/mol. The van der Waals surface area contributed by atoms with Crippen molar-refractivity contribution in [2.45, 2.75) is 62.8 Å². The Morgan fingerprint density at radius 2 is 1.79 bits per heavy atom. The molecule has 1 aromatic heterocycles. The number of nitrogens with one attached hydrogen (secondary N) is 1. The van der Waals surface area contributed by atoms with Gasteiger partial charge in [0.05, 0.1) is 5.75 Å². The summed E-state index contributed by atoms with van der Waals surface area (Å²) in [5, 5.41) is 11.8. The van der Waals surface area contributed by atoms with Gasteiger partial charge in [0.1, 0.15) is 5.75 Å². The zero-order chi connectivity index (χ0) is 19.8. The molecule has 1 amide bonds. The number of aromatic nitrogens is 2. The van der Waals surface area contributed by atoms with Crippen molar-refractivity contribution < 1.29 is 13.9 Å². The van der Waals surface area contributed by atoms with Crippen LogP contribution in [0.25, 0.3) is 0 Å². The quantitative estimate of drug-likeness (QED) is 0.688. The third-order valence-corrected chi connectivity index (χ3v) is 7.42. The number of hydrogen-bond acceptors (Lipinski definition) is 6. The standard InChI is InChI=1S/C22H27N3O3S/c1-14-2-4-18(5-3-14)27-12-20-24-25-21(28-20)29-13-19(26)23-22-9-15-6-16(10-22)8-17(7-15)11-22/h2-5,15-17H,6-13H2,1H3,(H,23,26). The van der Waals surface area contributed by atoms with Crippen LogP contribution in [0.5, 0.6) is 5.75 Å². The van der Waals surface area contributed by atoms with Crippen LogP contribution in [0.4, 0.5) is 0 Å². The van der Waals surface area contributed by atoms with E-state index in [1.807, 2.05) is 31.2 Å². The summed E-state index contributed by atoms with van der Waals surface area (Å²) in [5.41, 5.74) is 1.23. The van der Waals surface area contributed by atoms with Crippen LogP contribution in [0.2, 0.25) is 0 Å². The highest BCUT2D eigenvalue weighted by molar-refractivity contribution is 7.99. The number of ether oxygens (including phenoxy) is 1. The van der Waals surface area contributed by atoms with Crippen LogP contribution in [-0.4, -0.2) is 27.4 Å². The summed E-state index contributed by atoms with van der Waals surface area (Å²) in [6.45, 7) is 2.25. The number of hydrogen-bond donors (Lipinski definition) is 1. The van der Waals surface area contributed by atoms with Crippen LogP contribution in [0.1, 0.15) is 50.0 Å². The van der Waals surface area contributed by atoms with Gasteiger partial charge in [-0.15, -0.1) is 10.2 Å². The monoisotopic (exact) mass is 413 g/mol. The fourth-order valence-corrected chi connectivity index (χ4v) is 6.44. The molecule has 4 bridgehead atoms. The fourth-order valence-electron chi connectivity index (χ4n) is 5.86. The Morgan fingerprint density at radius 3 is 2.45 bits per heavy atom. The number of amides is 1. The first-order valence-electron chi connectivity index (χ1n) is 10.5. The maximum absolute atomic E-state index is 12.6. The Morgan fingerprint density at radius 1 is 1.14 bits per heavy atom. The Labute approximate surface area is 175 Å². The maximum atomic E-state index is 12.6. The van der Waals surface area contributed by atoms with E-state index < -0.39 is 0 Å². The van der Waals surface area contributed by atoms with Crippen LogP contribution < -0.4 is 10.1 Å². The van der Waals surface area contributed by atoms with Crippen LogP contribution in [0.3, 0.4) is 0 Å². The van der Waals surface area contributed by atoms with E-state index in [1.165, 1.54) is 36.6 Å². The zero-order valence-electron chi connectivity index (χ0n) is 16.7. The van der Waals surface area contributed by atoms with Gasteiger partial charge in [-0.25, -0.2) is 0 Å². The van der Waals surface area contributed by atoms with Crippen molar-refractivity contribution in [3.05, 3.63) is 35.7 Å². The second-order valence-corrected chi connectivity index (χ2v) is 10.0. The average molecular weight is 414 g/mol. The van der Waals surface area contributed by atoms with E-state index in [2.05, 4.69) is 15.5 Å². The van der Waals surface area contributed by atoms with Gasteiger partial charge in [0.25, 0.3) is 11.1 Å². The molecule has 4 aliphatic rings. The summed E-state index contributed by atoms with van der Waals surface area (Å²) in [5.74, 6) is 4.02. The molecule has 0 unspecified atom stereocenters. The number of benzene rings is 1. The second-order valence-electron chi connectivity index (χ2n) is 9.10. The lowest BCUT2D eigenvalue weighted by molar-refractivity contribution is -0.124. The van der Waals surface area contributed by atoms with E-state index in [0.29, 0.717) is 16.9 Å². The average Bonchev–Trinajstić information content (AvgIpc) is 3.12. The predicted octanol–water partition coefficient (Wildman–Crippen LogP) is 4.13. The molecule has 1 aromatic carbocycles. The normalized spacial score (nSPS) is 29.8. The summed E-state index contributed by atoms with van der Waals surface area (Å²) in [6.07, 6.45) is 7.61. The van der Waals surface area contributed by atoms with Gasteiger partial charge >= 0.3 is 0 Å². The highest BCUT2D eigenvalue weighted by Gasteiger charge is 2.51. The molecule has 7 heteroatoms. The molecule has 154 valence electrons. The van der Waals surface area contributed by atoms with E-state index in [1.54, 1.807) is 0 Å². The van der Waals surface area contributed by atoms with Crippen LogP contribution >= 0.6 is 11.8 Å². The first-order chi connectivity index (χ1) is 14.1. The van der Waals surface area contributed by atoms with Crippen molar-refractivity contribution in [3.63, 3.8) is 0 Å². The molecule has 1 N–H and O–H groups in total. The van der Waals surface area contributed by atoms with E-state index in [0.717, 1.165) is 42.8 Å². The van der Waals surface area contributed by atoms with E-state index in [4.69, 9.17) is 9.15 Å². The first-order valence-corrected chi connectivity index (χ1v) is 11.5. The van der Waals surface area contributed by atoms with Crippen LogP contribution in [0.15, 0.2) is 33.9 Å². The Bertz CT molecular complexity index is 844. The molecule has 0 aliphatic heterocycles. The first kappa shape index (κ1) is 19.0. The van der Waals surface area contributed by atoms with E-state index >= 15 is 0 Å². The summed E-state index contributed by atoms with van der Waals surface area (Å²) < 4.78 is 11.3. The van der Waals surface area contributed by atoms with Crippen molar-refractivity contribution in [2.24, 2.45) is 17.8 Å². The molecule has 0 saturated heterocycles. The molecule has 4 aliphatic carbocycles. The highest BCUT2D eigenvalue weighted by atomic mass is 32.2. The van der Waals surface area contributed by atoms with Gasteiger partial charge in [0, 0.05) is 5.54 Å². The van der Waals surface area contributed by atoms with Crippen molar-refractivity contribution in [1.29, 1.82) is 0 Å². The number of rotatable bonds is 7. The van der Waals surface area contributed by atoms with Crippen LogP contribution in [-0.2, 0) is 11.4 Å². The number of carbonyl (C=O) groups is 1. The third kappa shape index (κ3) is 4.29. The molecule has 29 heavy (non-hydrogen) atoms. The van der Waals surface area contributed by atoms with E-state index in [9.17, 15) is 4.79 Å². The van der Waals surface area contributed by atoms with Gasteiger partial charge in [0.15, 0.2) is 6.61 Å². The molecule has 1 heterocycles. The van der Waals surface area contributed by atoms with Crippen molar-refractivity contribution >= 4 is 17.7 Å². The van der Waals surface area contributed by atoms with Gasteiger partial charge in [-0.2, -0.15) is 0 Å². The largest absolute Gasteiger partial charge is 0.484 e. The molecule has 6 nitrogen and oxygen atoms in total. The molecule has 0 radical (unpaired) electrons. The van der Waals surface area contributed by atoms with E-state index in [-0.39, 0.29) is 18.1 Å². The molecular weight excluding hydrogens is 386 g/mol. The van der Waals surface area contributed by atoms with Gasteiger partial charge < -0.3 is 14.5 Å². The van der Waals surface area contributed by atoms with Crippen molar-refractivity contribution in [2.75, 3.05) is 5.75 Å². The fraction of sp³-hybridized carbons (Fsp3) is 0.591. The Hall–Kier alpha value is -2.02. The molecule has 0 spiro atoms. The zero-order valence-corrected chi connectivity index (χ0v) is 17.5. The van der Waals surface area contributed by atoms with Gasteiger partial charge in [-0.05, 0) is 75.3 Å². The SMILES string of the molecule is Cc1ccc(OCc2nnc(SCC(=O)NC34CC5CC(CC(C5)C3)C4)o2)cc1. The molecular formula is C22H27N3O3S. The van der Waals surface area contributed by atoms with Gasteiger partial charge in [0.2, 0.25) is 5.91 Å². The Balaban J connectivity index is 1.10. The lowest BCUT2D eigenvalue weighted by atomic mass is 9.53. The number of aryl methyl sites for hydroxylation is 1. The van der Waals surface area contributed by atoms with Gasteiger partial charge in [-0.3, -0.25) is 4.79 Å². The molecule has 2 aromatic rings. The van der Waals surface area contributed by atoms with Crippen molar-refractivity contribution in [1.82, 2.24) is 15.5 Å². The lowest BCUT2D eigenvalue weighted by Crippen LogP contribution is -2.60. The third-order valence-electron chi connectivity index (χ3n) is 6.60. The minimum atomic E-state index is 0.0499. The van der Waals surface area contributed by atoms with Gasteiger partial charge in [-0.1, -0.05) is 29.5 Å². The maximum Gasteiger partial charge on any atom is 0.277 e. The van der Waals surface area contributed by atoms with Crippen LogP contribution in [0, 0.1) is 24.7 Å². The summed E-state index contributed by atoms with van der Waals surface area (Å²) in [4.78, 5) is 12.6.